The average molecular weight is 276 g/mol. The van der Waals surface area contributed by atoms with E-state index in [0.29, 0.717) is 0 Å². The van der Waals surface area contributed by atoms with E-state index in [0.717, 1.165) is 12.1 Å². The molecule has 0 amide bonds. The second-order valence-electron chi connectivity index (χ2n) is 4.05. The Morgan fingerprint density at radius 1 is 1.20 bits per heavy atom. The van der Waals surface area contributed by atoms with Crippen molar-refractivity contribution >= 4 is 23.9 Å². The van der Waals surface area contributed by atoms with Crippen LogP contribution in [0.5, 0.6) is 5.75 Å². The summed E-state index contributed by atoms with van der Waals surface area (Å²) in [6.07, 6.45) is 0. The lowest BCUT2D eigenvalue weighted by molar-refractivity contribution is -0.130. The van der Waals surface area contributed by atoms with E-state index in [9.17, 15) is 19.2 Å². The number of cyclic esters (lactones) is 2. The number of esters is 3. The van der Waals surface area contributed by atoms with Crippen LogP contribution in [-0.4, -0.2) is 29.0 Å². The lowest BCUT2D eigenvalue weighted by Crippen LogP contribution is -2.12. The number of hydrogen-bond donors (Lipinski definition) is 1. The molecule has 0 saturated heterocycles. The number of ether oxygens (including phenoxy) is 2. The molecule has 0 saturated carbocycles. The third-order valence-corrected chi connectivity index (χ3v) is 2.53. The van der Waals surface area contributed by atoms with Crippen LogP contribution < -0.4 is 4.74 Å². The van der Waals surface area contributed by atoms with Crippen molar-refractivity contribution in [3.8, 4) is 5.75 Å². The van der Waals surface area contributed by atoms with Crippen LogP contribution in [0.4, 0.5) is 0 Å². The van der Waals surface area contributed by atoms with Crippen molar-refractivity contribution in [1.29, 1.82) is 0 Å². The Bertz CT molecular complexity index is 684. The monoisotopic (exact) mass is 276 g/mol. The average Bonchev–Trinajstić information content (AvgIpc) is 2.63. The summed E-state index contributed by atoms with van der Waals surface area (Å²) in [5.41, 5.74) is -0.697. The minimum atomic E-state index is -1.41. The molecule has 0 fully saturated rings. The number of aromatic carboxylic acids is 1. The van der Waals surface area contributed by atoms with Crippen LogP contribution in [0.3, 0.4) is 0 Å². The fourth-order valence-electron chi connectivity index (χ4n) is 1.55. The minimum Gasteiger partial charge on any atom is -0.478 e. The predicted molar refractivity (Wildman–Crippen MR) is 63.6 cm³/mol. The van der Waals surface area contributed by atoms with E-state index >= 15 is 0 Å². The van der Waals surface area contributed by atoms with Crippen molar-refractivity contribution < 1.29 is 33.8 Å². The normalized spacial score (nSPS) is 12.7. The molecule has 0 radical (unpaired) electrons. The molecule has 0 spiro atoms. The molecule has 102 valence electrons. The highest BCUT2D eigenvalue weighted by molar-refractivity contribution is 6.16. The lowest BCUT2D eigenvalue weighted by atomic mass is 10.0. The molecular weight excluding hydrogens is 268 g/mol. The first kappa shape index (κ1) is 13.5. The number of fused-ring (bicyclic) bond motifs is 1. The SMILES string of the molecule is C=C(C)C(=O)Oc1cc2c(cc1C(=O)O)C(=O)OC2=O. The number of carboxylic acid groups (broad SMARTS) is 1. The van der Waals surface area contributed by atoms with Crippen LogP contribution in [0.2, 0.25) is 0 Å². The van der Waals surface area contributed by atoms with Gasteiger partial charge < -0.3 is 14.6 Å². The number of carboxylic acids is 1. The summed E-state index contributed by atoms with van der Waals surface area (Å²) in [4.78, 5) is 45.3. The van der Waals surface area contributed by atoms with E-state index in [2.05, 4.69) is 11.3 Å². The number of rotatable bonds is 3. The van der Waals surface area contributed by atoms with Crippen molar-refractivity contribution in [1.82, 2.24) is 0 Å². The zero-order valence-corrected chi connectivity index (χ0v) is 10.3. The first-order chi connectivity index (χ1) is 9.31. The van der Waals surface area contributed by atoms with E-state index in [1.54, 1.807) is 0 Å². The van der Waals surface area contributed by atoms with E-state index in [1.807, 2.05) is 0 Å². The molecule has 1 N–H and O–H groups in total. The summed E-state index contributed by atoms with van der Waals surface area (Å²) in [6.45, 7) is 4.74. The van der Waals surface area contributed by atoms with Gasteiger partial charge in [0.2, 0.25) is 0 Å². The summed E-state index contributed by atoms with van der Waals surface area (Å²) in [7, 11) is 0. The van der Waals surface area contributed by atoms with Gasteiger partial charge in [0.1, 0.15) is 11.3 Å². The molecular formula is C13H8O7. The van der Waals surface area contributed by atoms with Crippen LogP contribution >= 0.6 is 0 Å². The molecule has 0 aromatic heterocycles. The fraction of sp³-hybridized carbons (Fsp3) is 0.0769. The number of carbonyl (C=O) groups excluding carboxylic acids is 3. The van der Waals surface area contributed by atoms with Gasteiger partial charge in [0.05, 0.1) is 11.1 Å². The van der Waals surface area contributed by atoms with Gasteiger partial charge in [-0.25, -0.2) is 19.2 Å². The second-order valence-corrected chi connectivity index (χ2v) is 4.05. The zero-order chi connectivity index (χ0) is 15.0. The standard InChI is InChI=1S/C13H8O7/c1-5(2)11(16)19-9-4-7-6(3-8(9)10(14)15)12(17)20-13(7)18/h3-4H,1H2,2H3,(H,14,15). The Morgan fingerprint density at radius 3 is 2.25 bits per heavy atom. The number of benzene rings is 1. The van der Waals surface area contributed by atoms with E-state index in [1.165, 1.54) is 6.92 Å². The van der Waals surface area contributed by atoms with Crippen LogP contribution in [0.25, 0.3) is 0 Å². The first-order valence-corrected chi connectivity index (χ1v) is 5.36. The first-order valence-electron chi connectivity index (χ1n) is 5.36. The topological polar surface area (TPSA) is 107 Å². The summed E-state index contributed by atoms with van der Waals surface area (Å²) in [5.74, 6) is -4.47. The largest absolute Gasteiger partial charge is 0.478 e. The van der Waals surface area contributed by atoms with Gasteiger partial charge in [-0.05, 0) is 19.1 Å². The summed E-state index contributed by atoms with van der Waals surface area (Å²) < 4.78 is 9.18. The van der Waals surface area contributed by atoms with Crippen LogP contribution in [0.1, 0.15) is 38.0 Å². The number of hydrogen-bond acceptors (Lipinski definition) is 6. The Morgan fingerprint density at radius 2 is 1.75 bits per heavy atom. The molecule has 7 heteroatoms. The third kappa shape index (κ3) is 2.16. The fourth-order valence-corrected chi connectivity index (χ4v) is 1.55. The molecule has 0 bridgehead atoms. The van der Waals surface area contributed by atoms with Crippen molar-refractivity contribution in [2.75, 3.05) is 0 Å². The molecule has 1 aromatic rings. The molecule has 1 aromatic carbocycles. The summed E-state index contributed by atoms with van der Waals surface area (Å²) in [5, 5.41) is 9.05. The van der Waals surface area contributed by atoms with Gasteiger partial charge in [-0.1, -0.05) is 6.58 Å². The Kier molecular flexibility index (Phi) is 3.11. The molecule has 0 aliphatic carbocycles. The summed E-state index contributed by atoms with van der Waals surface area (Å²) in [6, 6.07) is 1.93. The maximum absolute atomic E-state index is 11.4. The van der Waals surface area contributed by atoms with Gasteiger partial charge in [0.15, 0.2) is 0 Å². The third-order valence-electron chi connectivity index (χ3n) is 2.53. The van der Waals surface area contributed by atoms with Crippen LogP contribution in [0.15, 0.2) is 24.3 Å². The Hall–Kier alpha value is -2.96. The predicted octanol–water partition coefficient (Wildman–Crippen LogP) is 1.18. The number of carbonyl (C=O) groups is 4. The van der Waals surface area contributed by atoms with Crippen molar-refractivity contribution in [3.63, 3.8) is 0 Å². The van der Waals surface area contributed by atoms with Crippen molar-refractivity contribution in [2.24, 2.45) is 0 Å². The quantitative estimate of drug-likeness (QED) is 0.382. The Labute approximate surface area is 112 Å². The molecule has 1 aliphatic rings. The maximum Gasteiger partial charge on any atom is 0.347 e. The van der Waals surface area contributed by atoms with Gasteiger partial charge in [0, 0.05) is 5.57 Å². The highest BCUT2D eigenvalue weighted by Crippen LogP contribution is 2.29. The van der Waals surface area contributed by atoms with E-state index in [4.69, 9.17) is 9.84 Å². The van der Waals surface area contributed by atoms with Gasteiger partial charge in [-0.2, -0.15) is 0 Å². The minimum absolute atomic E-state index is 0.0560. The highest BCUT2D eigenvalue weighted by Gasteiger charge is 2.33. The molecule has 7 nitrogen and oxygen atoms in total. The van der Waals surface area contributed by atoms with Gasteiger partial charge in [-0.15, -0.1) is 0 Å². The maximum atomic E-state index is 11.4. The van der Waals surface area contributed by atoms with Gasteiger partial charge >= 0.3 is 23.9 Å². The lowest BCUT2D eigenvalue weighted by Gasteiger charge is -2.08. The van der Waals surface area contributed by atoms with Gasteiger partial charge in [0.25, 0.3) is 0 Å². The van der Waals surface area contributed by atoms with Crippen molar-refractivity contribution in [2.45, 2.75) is 6.92 Å². The molecule has 0 unspecified atom stereocenters. The molecule has 20 heavy (non-hydrogen) atoms. The summed E-state index contributed by atoms with van der Waals surface area (Å²) >= 11 is 0. The second kappa shape index (κ2) is 4.61. The smallest absolute Gasteiger partial charge is 0.347 e. The highest BCUT2D eigenvalue weighted by atomic mass is 16.6. The molecule has 1 heterocycles. The van der Waals surface area contributed by atoms with Gasteiger partial charge in [-0.3, -0.25) is 0 Å². The van der Waals surface area contributed by atoms with Crippen molar-refractivity contribution in [3.05, 3.63) is 41.0 Å². The molecule has 2 rings (SSSR count). The zero-order valence-electron chi connectivity index (χ0n) is 10.3. The van der Waals surface area contributed by atoms with Crippen LogP contribution in [0, 0.1) is 0 Å². The van der Waals surface area contributed by atoms with Crippen LogP contribution in [-0.2, 0) is 9.53 Å². The molecule has 1 aliphatic heterocycles. The van der Waals surface area contributed by atoms with E-state index in [-0.39, 0.29) is 22.4 Å². The van der Waals surface area contributed by atoms with E-state index < -0.39 is 29.4 Å². The molecule has 0 atom stereocenters. The Balaban J connectivity index is 2.56.